The van der Waals surface area contributed by atoms with Crippen LogP contribution in [0.25, 0.3) is 0 Å². The molecule has 6 nitrogen and oxygen atoms in total. The summed E-state index contributed by atoms with van der Waals surface area (Å²) in [6, 6.07) is 0. The highest BCUT2D eigenvalue weighted by Crippen LogP contribution is 2.45. The summed E-state index contributed by atoms with van der Waals surface area (Å²) in [5, 5.41) is 18.5. The van der Waals surface area contributed by atoms with Crippen molar-refractivity contribution < 1.29 is 23.8 Å². The molecule has 0 aromatic rings. The lowest BCUT2D eigenvalue weighted by Crippen LogP contribution is -2.40. The van der Waals surface area contributed by atoms with E-state index in [0.717, 1.165) is 76.5 Å². The van der Waals surface area contributed by atoms with Crippen LogP contribution >= 0.6 is 0 Å². The van der Waals surface area contributed by atoms with Crippen LogP contribution in [0.5, 0.6) is 0 Å². The third-order valence-electron chi connectivity index (χ3n) is 12.0. The van der Waals surface area contributed by atoms with E-state index in [0.29, 0.717) is 13.1 Å². The highest BCUT2D eigenvalue weighted by molar-refractivity contribution is 6.64. The summed E-state index contributed by atoms with van der Waals surface area (Å²) in [5.41, 5.74) is 0. The van der Waals surface area contributed by atoms with Gasteiger partial charge in [-0.25, -0.2) is 0 Å². The van der Waals surface area contributed by atoms with Crippen LogP contribution in [0.15, 0.2) is 12.2 Å². The minimum Gasteiger partial charge on any atom is -0.395 e. The van der Waals surface area contributed by atoms with Gasteiger partial charge < -0.3 is 23.8 Å². The predicted octanol–water partition coefficient (Wildman–Crippen LogP) is 14.1. The third-order valence-corrected chi connectivity index (χ3v) is 13.8. The molecule has 1 rings (SSSR count). The fraction of sp³-hybridized carbons (Fsp3) is 0.959. The van der Waals surface area contributed by atoms with Crippen LogP contribution in [-0.4, -0.2) is 76.0 Å². The average molecular weight is 810 g/mol. The van der Waals surface area contributed by atoms with E-state index in [9.17, 15) is 10.2 Å². The molecule has 0 radical (unpaired) electrons. The number of hydrogen-bond acceptors (Lipinski definition) is 6. The number of unbranched alkanes of at least 4 members (excludes halogenated alkanes) is 24. The SMILES string of the molecule is CCCCCCCC/C=C\CCCCCCCC(OCCCCCCCCC1CC1CCCCCCCC)O[Si](C)(C)OCCCCCCN(CCO)CCO. The van der Waals surface area contributed by atoms with Crippen molar-refractivity contribution in [3.8, 4) is 0 Å². The molecule has 0 amide bonds. The third kappa shape index (κ3) is 35.6. The molecule has 2 N–H and O–H groups in total. The van der Waals surface area contributed by atoms with Gasteiger partial charge in [0.15, 0.2) is 0 Å². The van der Waals surface area contributed by atoms with E-state index < -0.39 is 8.56 Å². The topological polar surface area (TPSA) is 71.4 Å². The van der Waals surface area contributed by atoms with E-state index in [1.807, 2.05) is 0 Å². The molecule has 1 fully saturated rings. The van der Waals surface area contributed by atoms with Crippen LogP contribution in [0.4, 0.5) is 0 Å². The van der Waals surface area contributed by atoms with Gasteiger partial charge in [-0.2, -0.15) is 0 Å². The molecule has 0 aromatic carbocycles. The Labute approximate surface area is 351 Å². The summed E-state index contributed by atoms with van der Waals surface area (Å²) in [4.78, 5) is 2.14. The summed E-state index contributed by atoms with van der Waals surface area (Å²) in [5.74, 6) is 2.13. The van der Waals surface area contributed by atoms with Gasteiger partial charge in [0.25, 0.3) is 0 Å². The van der Waals surface area contributed by atoms with Gasteiger partial charge in [0.2, 0.25) is 0 Å². The first kappa shape index (κ1) is 53.7. The van der Waals surface area contributed by atoms with Crippen LogP contribution in [0.2, 0.25) is 13.1 Å². The fourth-order valence-electron chi connectivity index (χ4n) is 8.27. The van der Waals surface area contributed by atoms with Crippen LogP contribution < -0.4 is 0 Å². The molecule has 3 atom stereocenters. The van der Waals surface area contributed by atoms with E-state index in [1.165, 1.54) is 167 Å². The summed E-state index contributed by atoms with van der Waals surface area (Å²) >= 11 is 0. The molecule has 334 valence electrons. The van der Waals surface area contributed by atoms with E-state index >= 15 is 0 Å². The maximum Gasteiger partial charge on any atom is 0.333 e. The quantitative estimate of drug-likeness (QED) is 0.0276. The zero-order chi connectivity index (χ0) is 40.6. The van der Waals surface area contributed by atoms with Crippen LogP contribution in [-0.2, 0) is 13.6 Å². The average Bonchev–Trinajstić information content (AvgIpc) is 3.94. The van der Waals surface area contributed by atoms with Gasteiger partial charge in [0.1, 0.15) is 6.29 Å². The first-order chi connectivity index (χ1) is 27.5. The minimum absolute atomic E-state index is 0.145. The van der Waals surface area contributed by atoms with E-state index in [1.54, 1.807) is 0 Å². The Morgan fingerprint density at radius 1 is 0.536 bits per heavy atom. The van der Waals surface area contributed by atoms with Crippen molar-refractivity contribution in [2.75, 3.05) is 46.1 Å². The van der Waals surface area contributed by atoms with Gasteiger partial charge in [-0.3, -0.25) is 4.90 Å². The molecule has 0 bridgehead atoms. The Kier molecular flexibility index (Phi) is 38.5. The zero-order valence-electron chi connectivity index (χ0n) is 38.2. The molecule has 3 unspecified atom stereocenters. The van der Waals surface area contributed by atoms with E-state index in [2.05, 4.69) is 44.0 Å². The normalized spacial score (nSPS) is 16.5. The van der Waals surface area contributed by atoms with E-state index in [-0.39, 0.29) is 19.5 Å². The van der Waals surface area contributed by atoms with Crippen LogP contribution in [0, 0.1) is 11.8 Å². The second-order valence-electron chi connectivity index (χ2n) is 18.0. The smallest absolute Gasteiger partial charge is 0.333 e. The van der Waals surface area contributed by atoms with Crippen LogP contribution in [0.1, 0.15) is 226 Å². The highest BCUT2D eigenvalue weighted by Gasteiger charge is 2.35. The molecule has 0 aliphatic heterocycles. The van der Waals surface area contributed by atoms with Crippen molar-refractivity contribution in [3.63, 3.8) is 0 Å². The predicted molar refractivity (Wildman–Crippen MR) is 245 cm³/mol. The summed E-state index contributed by atoms with van der Waals surface area (Å²) in [7, 11) is -2.29. The fourth-order valence-corrected chi connectivity index (χ4v) is 9.79. The number of hydrogen-bond donors (Lipinski definition) is 2. The largest absolute Gasteiger partial charge is 0.395 e. The van der Waals surface area contributed by atoms with Gasteiger partial charge in [-0.1, -0.05) is 174 Å². The van der Waals surface area contributed by atoms with Gasteiger partial charge in [0, 0.05) is 26.3 Å². The minimum atomic E-state index is -2.29. The lowest BCUT2D eigenvalue weighted by atomic mass is 10.0. The summed E-state index contributed by atoms with van der Waals surface area (Å²) < 4.78 is 19.5. The number of nitrogens with zero attached hydrogens (tertiary/aromatic N) is 1. The number of rotatable bonds is 46. The Morgan fingerprint density at radius 3 is 1.52 bits per heavy atom. The monoisotopic (exact) mass is 810 g/mol. The Morgan fingerprint density at radius 2 is 0.982 bits per heavy atom. The first-order valence-corrected chi connectivity index (χ1v) is 27.8. The van der Waals surface area contributed by atoms with Gasteiger partial charge in [-0.05, 0) is 95.7 Å². The van der Waals surface area contributed by atoms with Crippen LogP contribution in [0.3, 0.4) is 0 Å². The summed E-state index contributed by atoms with van der Waals surface area (Å²) in [6.07, 6.45) is 48.3. The molecule has 56 heavy (non-hydrogen) atoms. The molecular formula is C49H99NO5Si. The lowest BCUT2D eigenvalue weighted by molar-refractivity contribution is -0.104. The first-order valence-electron chi connectivity index (χ1n) is 25.0. The Bertz CT molecular complexity index is 822. The molecular weight excluding hydrogens is 711 g/mol. The molecule has 7 heteroatoms. The van der Waals surface area contributed by atoms with Gasteiger partial charge >= 0.3 is 8.56 Å². The summed E-state index contributed by atoms with van der Waals surface area (Å²) in [6.45, 7) is 13.0. The molecule has 1 aliphatic carbocycles. The van der Waals surface area contributed by atoms with Crippen molar-refractivity contribution in [1.82, 2.24) is 4.90 Å². The number of ether oxygens (including phenoxy) is 1. The Hall–Kier alpha value is -0.283. The molecule has 0 saturated heterocycles. The molecule has 0 heterocycles. The van der Waals surface area contributed by atoms with Crippen molar-refractivity contribution >= 4 is 8.56 Å². The highest BCUT2D eigenvalue weighted by atomic mass is 28.4. The van der Waals surface area contributed by atoms with Crippen molar-refractivity contribution in [2.24, 2.45) is 11.8 Å². The second kappa shape index (κ2) is 40.1. The number of allylic oxidation sites excluding steroid dienone is 2. The molecule has 1 aliphatic rings. The number of aliphatic hydroxyl groups is 2. The van der Waals surface area contributed by atoms with E-state index in [4.69, 9.17) is 13.6 Å². The second-order valence-corrected chi connectivity index (χ2v) is 21.3. The zero-order valence-corrected chi connectivity index (χ0v) is 39.2. The van der Waals surface area contributed by atoms with Crippen molar-refractivity contribution in [3.05, 3.63) is 12.2 Å². The Balaban J connectivity index is 2.26. The number of aliphatic hydroxyl groups excluding tert-OH is 2. The van der Waals surface area contributed by atoms with Gasteiger partial charge in [-0.15, -0.1) is 0 Å². The van der Waals surface area contributed by atoms with Crippen molar-refractivity contribution in [2.45, 2.75) is 245 Å². The molecule has 0 aromatic heterocycles. The maximum atomic E-state index is 9.23. The van der Waals surface area contributed by atoms with Gasteiger partial charge in [0.05, 0.1) is 13.2 Å². The van der Waals surface area contributed by atoms with Crippen molar-refractivity contribution in [1.29, 1.82) is 0 Å². The maximum absolute atomic E-state index is 9.23. The standard InChI is InChI=1S/C49H99NO5Si/c1-5-7-9-11-13-14-15-16-17-18-19-20-21-26-32-38-49(55-56(3,4)54-45-35-29-27-33-39-50(40-42-51)41-43-52)53-44-34-28-23-22-25-31-37-48-46-47(48)36-30-24-12-10-8-6-2/h16-17,47-49,51-52H,5-15,18-46H2,1-4H3/b17-16-. The molecule has 1 saturated carbocycles. The lowest BCUT2D eigenvalue weighted by Gasteiger charge is -2.29. The molecule has 0 spiro atoms.